The lowest BCUT2D eigenvalue weighted by atomic mass is 10.1. The van der Waals surface area contributed by atoms with E-state index in [-0.39, 0.29) is 27.3 Å². The van der Waals surface area contributed by atoms with Gasteiger partial charge < -0.3 is 10.6 Å². The van der Waals surface area contributed by atoms with Crippen molar-refractivity contribution in [3.8, 4) is 0 Å². The number of benzene rings is 3. The Kier molecular flexibility index (Phi) is 6.41. The highest BCUT2D eigenvalue weighted by atomic mass is 35.5. The second-order valence-corrected chi connectivity index (χ2v) is 8.43. The third-order valence-electron chi connectivity index (χ3n) is 5.44. The van der Waals surface area contributed by atoms with Crippen LogP contribution in [0, 0.1) is 19.7 Å². The fourth-order valence-electron chi connectivity index (χ4n) is 3.43. The Morgan fingerprint density at radius 1 is 0.941 bits per heavy atom. The van der Waals surface area contributed by atoms with Crippen LogP contribution in [-0.2, 0) is 9.59 Å². The van der Waals surface area contributed by atoms with Crippen LogP contribution in [0.5, 0.6) is 0 Å². The summed E-state index contributed by atoms with van der Waals surface area (Å²) in [6, 6.07) is 15.5. The maximum absolute atomic E-state index is 13.5. The van der Waals surface area contributed by atoms with Crippen molar-refractivity contribution < 1.29 is 18.8 Å². The molecule has 4 rings (SSSR count). The Bertz CT molecular complexity index is 1390. The van der Waals surface area contributed by atoms with E-state index in [2.05, 4.69) is 10.6 Å². The highest BCUT2D eigenvalue weighted by molar-refractivity contribution is 6.53. The van der Waals surface area contributed by atoms with Crippen molar-refractivity contribution in [2.75, 3.05) is 15.5 Å². The van der Waals surface area contributed by atoms with E-state index in [0.717, 1.165) is 28.2 Å². The van der Waals surface area contributed by atoms with E-state index < -0.39 is 17.6 Å². The first-order valence-electron chi connectivity index (χ1n) is 10.2. The van der Waals surface area contributed by atoms with Gasteiger partial charge in [-0.1, -0.05) is 41.4 Å². The zero-order valence-electron chi connectivity index (χ0n) is 18.1. The van der Waals surface area contributed by atoms with Gasteiger partial charge in [-0.25, -0.2) is 9.29 Å². The van der Waals surface area contributed by atoms with Crippen LogP contribution in [0.3, 0.4) is 0 Å². The van der Waals surface area contributed by atoms with Gasteiger partial charge in [-0.15, -0.1) is 0 Å². The van der Waals surface area contributed by atoms with E-state index >= 15 is 0 Å². The molecule has 34 heavy (non-hydrogen) atoms. The molecule has 3 aromatic rings. The lowest BCUT2D eigenvalue weighted by Crippen LogP contribution is -2.32. The first-order chi connectivity index (χ1) is 16.2. The largest absolute Gasteiger partial charge is 0.350 e. The topological polar surface area (TPSA) is 78.5 Å². The number of anilines is 3. The molecule has 0 spiro atoms. The molecule has 1 aliphatic rings. The minimum atomic E-state index is -0.777. The number of amides is 3. The number of aryl methyl sites for hydroxylation is 1. The Balaban J connectivity index is 1.56. The van der Waals surface area contributed by atoms with Crippen LogP contribution in [0.25, 0.3) is 0 Å². The number of carbonyl (C=O) groups excluding carboxylic acids is 3. The van der Waals surface area contributed by atoms with Gasteiger partial charge in [0, 0.05) is 16.9 Å². The SMILES string of the molecule is Cc1cccc(NC(=O)c2cccc(NC3=C(Cl)C(=O)N(c4ccc(F)c(Cl)c4)C3=O)c2)c1C. The van der Waals surface area contributed by atoms with Gasteiger partial charge in [0.1, 0.15) is 16.5 Å². The van der Waals surface area contributed by atoms with Gasteiger partial charge in [-0.3, -0.25) is 14.4 Å². The summed E-state index contributed by atoms with van der Waals surface area (Å²) < 4.78 is 13.5. The summed E-state index contributed by atoms with van der Waals surface area (Å²) in [4.78, 5) is 39.2. The summed E-state index contributed by atoms with van der Waals surface area (Å²) >= 11 is 11.9. The molecule has 0 bridgehead atoms. The van der Waals surface area contributed by atoms with Gasteiger partial charge in [0.2, 0.25) is 0 Å². The highest BCUT2D eigenvalue weighted by Crippen LogP contribution is 2.32. The standard InChI is InChI=1S/C25H18Cl2FN3O3/c1-13-5-3-8-20(14(13)2)30-23(32)15-6-4-7-16(11-15)29-22-21(27)24(33)31(25(22)34)17-9-10-19(28)18(26)12-17/h3-12,29H,1-2H3,(H,30,32). The lowest BCUT2D eigenvalue weighted by molar-refractivity contribution is -0.120. The molecule has 2 N–H and O–H groups in total. The van der Waals surface area contributed by atoms with Crippen LogP contribution in [-0.4, -0.2) is 17.7 Å². The zero-order valence-corrected chi connectivity index (χ0v) is 19.6. The second kappa shape index (κ2) is 9.29. The third-order valence-corrected chi connectivity index (χ3v) is 6.08. The number of carbonyl (C=O) groups is 3. The van der Waals surface area contributed by atoms with Crippen molar-refractivity contribution in [2.45, 2.75) is 13.8 Å². The first kappa shape index (κ1) is 23.5. The van der Waals surface area contributed by atoms with Crippen molar-refractivity contribution in [1.82, 2.24) is 0 Å². The van der Waals surface area contributed by atoms with E-state index in [9.17, 15) is 18.8 Å². The maximum Gasteiger partial charge on any atom is 0.283 e. The number of nitrogens with zero attached hydrogens (tertiary/aromatic N) is 1. The maximum atomic E-state index is 13.5. The van der Waals surface area contributed by atoms with E-state index in [1.54, 1.807) is 18.2 Å². The number of rotatable bonds is 5. The molecular formula is C25H18Cl2FN3O3. The fraction of sp³-hybridized carbons (Fsp3) is 0.0800. The molecule has 0 saturated carbocycles. The number of hydrogen-bond donors (Lipinski definition) is 2. The normalized spacial score (nSPS) is 13.5. The number of halogens is 3. The highest BCUT2D eigenvalue weighted by Gasteiger charge is 2.39. The van der Waals surface area contributed by atoms with Gasteiger partial charge in [0.25, 0.3) is 17.7 Å². The van der Waals surface area contributed by atoms with Gasteiger partial charge in [-0.05, 0) is 67.4 Å². The molecule has 0 fully saturated rings. The lowest BCUT2D eigenvalue weighted by Gasteiger charge is -2.15. The van der Waals surface area contributed by atoms with E-state index in [0.29, 0.717) is 16.9 Å². The molecule has 9 heteroatoms. The Labute approximate surface area is 205 Å². The number of imide groups is 1. The number of nitrogens with one attached hydrogen (secondary N) is 2. The second-order valence-electron chi connectivity index (χ2n) is 7.64. The first-order valence-corrected chi connectivity index (χ1v) is 10.9. The van der Waals surface area contributed by atoms with Crippen molar-refractivity contribution in [1.29, 1.82) is 0 Å². The molecule has 3 amide bonds. The molecule has 172 valence electrons. The summed E-state index contributed by atoms with van der Waals surface area (Å²) in [5.41, 5.74) is 3.32. The molecule has 0 saturated heterocycles. The fourth-order valence-corrected chi connectivity index (χ4v) is 3.82. The Morgan fingerprint density at radius 2 is 1.68 bits per heavy atom. The molecule has 0 aliphatic carbocycles. The summed E-state index contributed by atoms with van der Waals surface area (Å²) in [5, 5.41) is 5.12. The molecule has 0 atom stereocenters. The molecule has 1 aliphatic heterocycles. The van der Waals surface area contributed by atoms with Crippen molar-refractivity contribution in [3.63, 3.8) is 0 Å². The van der Waals surface area contributed by atoms with Crippen LogP contribution in [0.4, 0.5) is 21.5 Å². The summed E-state index contributed by atoms with van der Waals surface area (Å²) in [7, 11) is 0. The molecule has 1 heterocycles. The minimum absolute atomic E-state index is 0.0815. The van der Waals surface area contributed by atoms with Gasteiger partial charge >= 0.3 is 0 Å². The molecule has 0 radical (unpaired) electrons. The van der Waals surface area contributed by atoms with Crippen LogP contribution < -0.4 is 15.5 Å². The Morgan fingerprint density at radius 3 is 2.41 bits per heavy atom. The molecule has 3 aromatic carbocycles. The van der Waals surface area contributed by atoms with Crippen LogP contribution in [0.2, 0.25) is 5.02 Å². The predicted molar refractivity (Wildman–Crippen MR) is 131 cm³/mol. The Hall–Kier alpha value is -3.68. The number of hydrogen-bond acceptors (Lipinski definition) is 4. The smallest absolute Gasteiger partial charge is 0.283 e. The van der Waals surface area contributed by atoms with Crippen LogP contribution in [0.15, 0.2) is 71.4 Å². The van der Waals surface area contributed by atoms with Crippen molar-refractivity contribution in [2.24, 2.45) is 0 Å². The summed E-state index contributed by atoms with van der Waals surface area (Å²) in [6.45, 7) is 3.87. The third kappa shape index (κ3) is 4.40. The van der Waals surface area contributed by atoms with Gasteiger partial charge in [-0.2, -0.15) is 0 Å². The summed E-state index contributed by atoms with van der Waals surface area (Å²) in [6.07, 6.45) is 0. The van der Waals surface area contributed by atoms with Crippen molar-refractivity contribution >= 4 is 58.0 Å². The van der Waals surface area contributed by atoms with E-state index in [1.165, 1.54) is 12.1 Å². The van der Waals surface area contributed by atoms with Crippen LogP contribution in [0.1, 0.15) is 21.5 Å². The average molecular weight is 498 g/mol. The predicted octanol–water partition coefficient (Wildman–Crippen LogP) is 5.78. The molecular weight excluding hydrogens is 480 g/mol. The van der Waals surface area contributed by atoms with E-state index in [1.807, 2.05) is 32.0 Å². The minimum Gasteiger partial charge on any atom is -0.350 e. The molecule has 0 unspecified atom stereocenters. The average Bonchev–Trinajstić information content (AvgIpc) is 3.02. The monoisotopic (exact) mass is 497 g/mol. The van der Waals surface area contributed by atoms with Crippen molar-refractivity contribution in [3.05, 3.63) is 98.9 Å². The molecule has 6 nitrogen and oxygen atoms in total. The van der Waals surface area contributed by atoms with E-state index in [4.69, 9.17) is 23.2 Å². The van der Waals surface area contributed by atoms with Crippen LogP contribution >= 0.6 is 23.2 Å². The van der Waals surface area contributed by atoms with Gasteiger partial charge in [0.05, 0.1) is 10.7 Å². The summed E-state index contributed by atoms with van der Waals surface area (Å²) in [5.74, 6) is -2.53. The quantitative estimate of drug-likeness (QED) is 0.437. The van der Waals surface area contributed by atoms with Gasteiger partial charge in [0.15, 0.2) is 0 Å². The zero-order chi connectivity index (χ0) is 24.6. The molecule has 0 aromatic heterocycles.